The van der Waals surface area contributed by atoms with E-state index in [-0.39, 0.29) is 18.3 Å². The summed E-state index contributed by atoms with van der Waals surface area (Å²) in [5.74, 6) is -0.284. The molecule has 3 aromatic rings. The fourth-order valence-corrected chi connectivity index (χ4v) is 2.80. The van der Waals surface area contributed by atoms with Gasteiger partial charge < -0.3 is 14.8 Å². The van der Waals surface area contributed by atoms with Gasteiger partial charge in [-0.05, 0) is 74.0 Å². The molecule has 0 bridgehead atoms. The van der Waals surface area contributed by atoms with Crippen LogP contribution < -0.4 is 20.2 Å². The average Bonchev–Trinajstić information content (AvgIpc) is 2.80. The minimum atomic E-state index is -0.395. The number of nitrogens with zero attached hydrogens (tertiary/aromatic N) is 1. The lowest BCUT2D eigenvalue weighted by Crippen LogP contribution is -2.20. The molecule has 3 aromatic carbocycles. The molecule has 0 aromatic heterocycles. The number of ether oxygens (including phenoxy) is 2. The van der Waals surface area contributed by atoms with Crippen molar-refractivity contribution in [2.24, 2.45) is 5.10 Å². The summed E-state index contributed by atoms with van der Waals surface area (Å²) in [6.07, 6.45) is 1.49. The first-order valence-corrected chi connectivity index (χ1v) is 10.3. The van der Waals surface area contributed by atoms with Crippen molar-refractivity contribution in [1.29, 1.82) is 0 Å². The van der Waals surface area contributed by atoms with E-state index in [0.717, 1.165) is 5.56 Å². The number of rotatable bonds is 9. The monoisotopic (exact) mass is 449 g/mol. The van der Waals surface area contributed by atoms with Crippen molar-refractivity contribution in [2.75, 3.05) is 18.5 Å². The van der Waals surface area contributed by atoms with Crippen LogP contribution in [0.4, 0.5) is 10.1 Å². The van der Waals surface area contributed by atoms with Crippen LogP contribution in [-0.2, 0) is 4.79 Å². The number of hydrogen-bond donors (Lipinski definition) is 2. The number of carbonyl (C=O) groups is 2. The molecule has 3 rings (SSSR count). The van der Waals surface area contributed by atoms with Crippen LogP contribution in [0, 0.1) is 12.7 Å². The molecule has 0 radical (unpaired) electrons. The maximum absolute atomic E-state index is 13.0. The van der Waals surface area contributed by atoms with Gasteiger partial charge in [0.05, 0.1) is 12.8 Å². The van der Waals surface area contributed by atoms with E-state index < -0.39 is 5.91 Å². The van der Waals surface area contributed by atoms with Crippen LogP contribution in [0.5, 0.6) is 11.5 Å². The van der Waals surface area contributed by atoms with Crippen molar-refractivity contribution >= 4 is 23.7 Å². The van der Waals surface area contributed by atoms with Crippen molar-refractivity contribution in [2.45, 2.75) is 13.8 Å². The van der Waals surface area contributed by atoms with E-state index in [4.69, 9.17) is 9.47 Å². The van der Waals surface area contributed by atoms with Gasteiger partial charge in [-0.25, -0.2) is 9.82 Å². The predicted molar refractivity (Wildman–Crippen MR) is 124 cm³/mol. The highest BCUT2D eigenvalue weighted by atomic mass is 19.1. The Balaban J connectivity index is 1.59. The second-order valence-electron chi connectivity index (χ2n) is 7.05. The highest BCUT2D eigenvalue weighted by Crippen LogP contribution is 2.28. The number of benzene rings is 3. The number of hydrogen-bond acceptors (Lipinski definition) is 5. The van der Waals surface area contributed by atoms with E-state index in [1.807, 2.05) is 26.0 Å². The highest BCUT2D eigenvalue weighted by molar-refractivity contribution is 5.95. The van der Waals surface area contributed by atoms with Crippen LogP contribution in [-0.4, -0.2) is 31.2 Å². The molecule has 8 heteroatoms. The molecule has 0 atom stereocenters. The molecule has 0 saturated carbocycles. The maximum atomic E-state index is 13.0. The number of hydrazone groups is 1. The highest BCUT2D eigenvalue weighted by Gasteiger charge is 2.10. The van der Waals surface area contributed by atoms with E-state index in [2.05, 4.69) is 15.8 Å². The van der Waals surface area contributed by atoms with E-state index >= 15 is 0 Å². The third-order valence-corrected chi connectivity index (χ3v) is 4.45. The number of halogens is 1. The lowest BCUT2D eigenvalue weighted by Gasteiger charge is -2.12. The molecule has 0 fully saturated rings. The summed E-state index contributed by atoms with van der Waals surface area (Å²) in [6.45, 7) is 3.91. The second kappa shape index (κ2) is 11.4. The van der Waals surface area contributed by atoms with Gasteiger partial charge in [0.25, 0.3) is 11.8 Å². The smallest absolute Gasteiger partial charge is 0.271 e. The summed E-state index contributed by atoms with van der Waals surface area (Å²) in [5, 5.41) is 6.61. The third kappa shape index (κ3) is 7.17. The SMILES string of the molecule is CCOc1cc(C=NNC(=O)c2ccc(C)cc2)ccc1OCC(=O)Nc1ccc(F)cc1. The Bertz CT molecular complexity index is 1130. The molecule has 0 aliphatic carbocycles. The Labute approximate surface area is 191 Å². The van der Waals surface area contributed by atoms with E-state index in [1.54, 1.807) is 30.3 Å². The van der Waals surface area contributed by atoms with Crippen molar-refractivity contribution in [3.05, 3.63) is 89.2 Å². The minimum Gasteiger partial charge on any atom is -0.490 e. The van der Waals surface area contributed by atoms with Gasteiger partial charge in [-0.2, -0.15) is 5.10 Å². The van der Waals surface area contributed by atoms with E-state index in [1.165, 1.54) is 30.5 Å². The molecule has 2 amide bonds. The Morgan fingerprint density at radius 3 is 2.39 bits per heavy atom. The van der Waals surface area contributed by atoms with Crippen LogP contribution in [0.2, 0.25) is 0 Å². The molecule has 0 unspecified atom stereocenters. The molecule has 0 heterocycles. The van der Waals surface area contributed by atoms with Crippen LogP contribution >= 0.6 is 0 Å². The van der Waals surface area contributed by atoms with Crippen LogP contribution in [0.3, 0.4) is 0 Å². The quantitative estimate of drug-likeness (QED) is 0.376. The summed E-state index contributed by atoms with van der Waals surface area (Å²) in [4.78, 5) is 24.3. The summed E-state index contributed by atoms with van der Waals surface area (Å²) < 4.78 is 24.2. The van der Waals surface area contributed by atoms with Crippen molar-refractivity contribution in [3.8, 4) is 11.5 Å². The van der Waals surface area contributed by atoms with E-state index in [0.29, 0.717) is 34.9 Å². The molecular weight excluding hydrogens is 425 g/mol. The topological polar surface area (TPSA) is 89.0 Å². The van der Waals surface area contributed by atoms with Crippen molar-refractivity contribution in [3.63, 3.8) is 0 Å². The zero-order chi connectivity index (χ0) is 23.6. The van der Waals surface area contributed by atoms with Gasteiger partial charge in [0.2, 0.25) is 0 Å². The summed E-state index contributed by atoms with van der Waals surface area (Å²) >= 11 is 0. The van der Waals surface area contributed by atoms with Gasteiger partial charge in [0.15, 0.2) is 18.1 Å². The first kappa shape index (κ1) is 23.5. The fraction of sp³-hybridized carbons (Fsp3) is 0.160. The Morgan fingerprint density at radius 2 is 1.70 bits per heavy atom. The second-order valence-corrected chi connectivity index (χ2v) is 7.05. The lowest BCUT2D eigenvalue weighted by atomic mass is 10.1. The minimum absolute atomic E-state index is 0.252. The number of anilines is 1. The first-order chi connectivity index (χ1) is 15.9. The zero-order valence-electron chi connectivity index (χ0n) is 18.3. The summed E-state index contributed by atoms with van der Waals surface area (Å²) in [7, 11) is 0. The van der Waals surface area contributed by atoms with Gasteiger partial charge in [-0.1, -0.05) is 17.7 Å². The van der Waals surface area contributed by atoms with Gasteiger partial charge in [0, 0.05) is 11.3 Å². The zero-order valence-corrected chi connectivity index (χ0v) is 18.3. The van der Waals surface area contributed by atoms with Crippen LogP contribution in [0.15, 0.2) is 71.8 Å². The Hall–Kier alpha value is -4.20. The van der Waals surface area contributed by atoms with Gasteiger partial charge in [0.1, 0.15) is 5.82 Å². The molecule has 170 valence electrons. The predicted octanol–water partition coefficient (Wildman–Crippen LogP) is 4.31. The van der Waals surface area contributed by atoms with Crippen LogP contribution in [0.25, 0.3) is 0 Å². The number of amides is 2. The fourth-order valence-electron chi connectivity index (χ4n) is 2.80. The largest absolute Gasteiger partial charge is 0.490 e. The molecule has 0 saturated heterocycles. The first-order valence-electron chi connectivity index (χ1n) is 10.3. The third-order valence-electron chi connectivity index (χ3n) is 4.45. The molecule has 0 spiro atoms. The van der Waals surface area contributed by atoms with E-state index in [9.17, 15) is 14.0 Å². The van der Waals surface area contributed by atoms with Gasteiger partial charge in [-0.3, -0.25) is 9.59 Å². The molecule has 0 aliphatic heterocycles. The molecular formula is C25H24FN3O4. The Morgan fingerprint density at radius 1 is 0.970 bits per heavy atom. The standard InChI is InChI=1S/C25H24FN3O4/c1-3-32-23-14-18(15-27-29-25(31)19-7-4-17(2)5-8-19)6-13-22(23)33-16-24(30)28-21-11-9-20(26)10-12-21/h4-15H,3,16H2,1-2H3,(H,28,30)(H,29,31). The molecule has 0 aliphatic rings. The Kier molecular flexibility index (Phi) is 8.13. The lowest BCUT2D eigenvalue weighted by molar-refractivity contribution is -0.118. The average molecular weight is 449 g/mol. The molecule has 2 N–H and O–H groups in total. The number of carbonyl (C=O) groups excluding carboxylic acids is 2. The number of aryl methyl sites for hydroxylation is 1. The maximum Gasteiger partial charge on any atom is 0.271 e. The summed E-state index contributed by atoms with van der Waals surface area (Å²) in [6, 6.07) is 17.7. The van der Waals surface area contributed by atoms with Gasteiger partial charge >= 0.3 is 0 Å². The van der Waals surface area contributed by atoms with Crippen molar-refractivity contribution < 1.29 is 23.5 Å². The normalized spacial score (nSPS) is 10.6. The molecule has 33 heavy (non-hydrogen) atoms. The van der Waals surface area contributed by atoms with Gasteiger partial charge in [-0.15, -0.1) is 0 Å². The summed E-state index contributed by atoms with van der Waals surface area (Å²) in [5.41, 5.74) is 5.19. The number of nitrogens with one attached hydrogen (secondary N) is 2. The van der Waals surface area contributed by atoms with Crippen molar-refractivity contribution in [1.82, 2.24) is 5.43 Å². The molecule has 7 nitrogen and oxygen atoms in total. The van der Waals surface area contributed by atoms with Crippen LogP contribution in [0.1, 0.15) is 28.4 Å².